The van der Waals surface area contributed by atoms with Crippen LogP contribution in [-0.2, 0) is 4.74 Å². The van der Waals surface area contributed by atoms with Crippen LogP contribution in [0.4, 0.5) is 11.4 Å². The van der Waals surface area contributed by atoms with Crippen molar-refractivity contribution in [1.82, 2.24) is 4.90 Å². The van der Waals surface area contributed by atoms with Crippen LogP contribution < -0.4 is 11.1 Å². The number of nitrogens with two attached hydrogens (primary N) is 1. The Kier molecular flexibility index (Phi) is 6.03. The smallest absolute Gasteiger partial charge is 0.338 e. The van der Waals surface area contributed by atoms with Gasteiger partial charge in [0, 0.05) is 13.1 Å². The number of anilines is 2. The van der Waals surface area contributed by atoms with Crippen molar-refractivity contribution in [3.05, 3.63) is 23.8 Å². The van der Waals surface area contributed by atoms with E-state index in [0.29, 0.717) is 17.9 Å². The normalized spacial score (nSPS) is 11.5. The van der Waals surface area contributed by atoms with Crippen LogP contribution in [0.15, 0.2) is 18.2 Å². The van der Waals surface area contributed by atoms with Crippen molar-refractivity contribution in [2.75, 3.05) is 44.8 Å². The van der Waals surface area contributed by atoms with Gasteiger partial charge >= 0.3 is 5.97 Å². The molecule has 118 valence electrons. The largest absolute Gasteiger partial charge is 0.462 e. The Morgan fingerprint density at radius 2 is 2.05 bits per heavy atom. The summed E-state index contributed by atoms with van der Waals surface area (Å²) in [5.74, 6) is -0.326. The second kappa shape index (κ2) is 7.31. The third-order valence-electron chi connectivity index (χ3n) is 3.07. The Bertz CT molecular complexity index is 484. The van der Waals surface area contributed by atoms with E-state index in [2.05, 4.69) is 38.2 Å². The van der Waals surface area contributed by atoms with Crippen molar-refractivity contribution in [2.24, 2.45) is 5.41 Å². The molecule has 0 aliphatic heterocycles. The first-order valence-electron chi connectivity index (χ1n) is 7.20. The fraction of sp³-hybridized carbons (Fsp3) is 0.562. The first-order chi connectivity index (χ1) is 9.75. The topological polar surface area (TPSA) is 67.6 Å². The summed E-state index contributed by atoms with van der Waals surface area (Å²) in [7, 11) is 4.11. The molecule has 21 heavy (non-hydrogen) atoms. The molecule has 1 aromatic rings. The van der Waals surface area contributed by atoms with Crippen molar-refractivity contribution in [3.8, 4) is 0 Å². The standard InChI is InChI=1S/C16H27N3O2/c1-6-21-15(20)12-7-8-13(17)14(9-12)18-10-16(2,3)11-19(4)5/h7-9,18H,6,10-11,17H2,1-5H3. The fourth-order valence-electron chi connectivity index (χ4n) is 2.30. The first-order valence-corrected chi connectivity index (χ1v) is 7.20. The lowest BCUT2D eigenvalue weighted by atomic mass is 9.93. The van der Waals surface area contributed by atoms with E-state index in [1.165, 1.54) is 0 Å². The molecule has 0 fully saturated rings. The van der Waals surface area contributed by atoms with Gasteiger partial charge in [0.2, 0.25) is 0 Å². The predicted molar refractivity (Wildman–Crippen MR) is 87.6 cm³/mol. The maximum Gasteiger partial charge on any atom is 0.338 e. The van der Waals surface area contributed by atoms with Crippen molar-refractivity contribution in [1.29, 1.82) is 0 Å². The summed E-state index contributed by atoms with van der Waals surface area (Å²) >= 11 is 0. The van der Waals surface area contributed by atoms with Gasteiger partial charge in [0.25, 0.3) is 0 Å². The number of rotatable bonds is 7. The lowest BCUT2D eigenvalue weighted by Gasteiger charge is -2.29. The molecule has 3 N–H and O–H groups in total. The summed E-state index contributed by atoms with van der Waals surface area (Å²) in [6.45, 7) is 8.25. The van der Waals surface area contributed by atoms with E-state index >= 15 is 0 Å². The highest BCUT2D eigenvalue weighted by molar-refractivity contribution is 5.92. The van der Waals surface area contributed by atoms with Gasteiger partial charge in [0.15, 0.2) is 0 Å². The van der Waals surface area contributed by atoms with E-state index in [9.17, 15) is 4.79 Å². The molecule has 5 heteroatoms. The summed E-state index contributed by atoms with van der Waals surface area (Å²) in [5, 5.41) is 3.34. The molecule has 0 aromatic heterocycles. The summed E-state index contributed by atoms with van der Waals surface area (Å²) in [6.07, 6.45) is 0. The summed E-state index contributed by atoms with van der Waals surface area (Å²) in [4.78, 5) is 13.9. The quantitative estimate of drug-likeness (QED) is 0.597. The Hall–Kier alpha value is -1.75. The highest BCUT2D eigenvalue weighted by Gasteiger charge is 2.19. The third-order valence-corrected chi connectivity index (χ3v) is 3.07. The molecule has 0 atom stereocenters. The average Bonchev–Trinajstić information content (AvgIpc) is 2.36. The molecule has 0 saturated heterocycles. The van der Waals surface area contributed by atoms with Gasteiger partial charge in [0.05, 0.1) is 23.5 Å². The Morgan fingerprint density at radius 3 is 2.62 bits per heavy atom. The maximum atomic E-state index is 11.8. The van der Waals surface area contributed by atoms with E-state index in [0.717, 1.165) is 18.8 Å². The zero-order valence-electron chi connectivity index (χ0n) is 13.7. The average molecular weight is 293 g/mol. The third kappa shape index (κ3) is 5.63. The molecule has 0 bridgehead atoms. The van der Waals surface area contributed by atoms with E-state index in [4.69, 9.17) is 10.5 Å². The van der Waals surface area contributed by atoms with E-state index in [-0.39, 0.29) is 11.4 Å². The van der Waals surface area contributed by atoms with Crippen molar-refractivity contribution in [3.63, 3.8) is 0 Å². The Labute approximate surface area is 127 Å². The minimum absolute atomic E-state index is 0.0931. The molecule has 0 saturated carbocycles. The van der Waals surface area contributed by atoms with Crippen LogP contribution in [0.5, 0.6) is 0 Å². The molecule has 0 radical (unpaired) electrons. The molecule has 1 aromatic carbocycles. The molecule has 0 heterocycles. The molecule has 0 amide bonds. The van der Waals surface area contributed by atoms with Gasteiger partial charge in [-0.15, -0.1) is 0 Å². The van der Waals surface area contributed by atoms with Gasteiger partial charge in [-0.1, -0.05) is 13.8 Å². The van der Waals surface area contributed by atoms with Crippen LogP contribution in [0.25, 0.3) is 0 Å². The number of nitrogens with one attached hydrogen (secondary N) is 1. The van der Waals surface area contributed by atoms with Gasteiger partial charge in [-0.25, -0.2) is 4.79 Å². The van der Waals surface area contributed by atoms with Gasteiger partial charge in [0.1, 0.15) is 0 Å². The van der Waals surface area contributed by atoms with Crippen LogP contribution in [0, 0.1) is 5.41 Å². The second-order valence-corrected chi connectivity index (χ2v) is 6.28. The fourth-order valence-corrected chi connectivity index (χ4v) is 2.30. The molecular weight excluding hydrogens is 266 g/mol. The van der Waals surface area contributed by atoms with Crippen molar-refractivity contribution < 1.29 is 9.53 Å². The molecule has 5 nitrogen and oxygen atoms in total. The first kappa shape index (κ1) is 17.3. The van der Waals surface area contributed by atoms with E-state index in [1.54, 1.807) is 25.1 Å². The summed E-state index contributed by atoms with van der Waals surface area (Å²) in [5.41, 5.74) is 7.97. The molecule has 0 aliphatic rings. The number of carbonyl (C=O) groups excluding carboxylic acids is 1. The zero-order valence-corrected chi connectivity index (χ0v) is 13.7. The van der Waals surface area contributed by atoms with Crippen LogP contribution in [-0.4, -0.2) is 44.7 Å². The molecule has 0 unspecified atom stereocenters. The number of esters is 1. The zero-order chi connectivity index (χ0) is 16.0. The number of nitrogen functional groups attached to an aromatic ring is 1. The van der Waals surface area contributed by atoms with Gasteiger partial charge in [-0.3, -0.25) is 0 Å². The minimum Gasteiger partial charge on any atom is -0.462 e. The number of hydrogen-bond acceptors (Lipinski definition) is 5. The summed E-state index contributed by atoms with van der Waals surface area (Å²) < 4.78 is 5.01. The van der Waals surface area contributed by atoms with Gasteiger partial charge in [-0.2, -0.15) is 0 Å². The number of ether oxygens (including phenoxy) is 1. The van der Waals surface area contributed by atoms with Gasteiger partial charge in [-0.05, 0) is 44.6 Å². The molecule has 0 spiro atoms. The maximum absolute atomic E-state index is 11.8. The lowest BCUT2D eigenvalue weighted by molar-refractivity contribution is 0.0526. The van der Waals surface area contributed by atoms with Crippen molar-refractivity contribution >= 4 is 17.3 Å². The van der Waals surface area contributed by atoms with E-state index in [1.807, 2.05) is 0 Å². The van der Waals surface area contributed by atoms with E-state index < -0.39 is 0 Å². The highest BCUT2D eigenvalue weighted by atomic mass is 16.5. The van der Waals surface area contributed by atoms with Crippen LogP contribution in [0.2, 0.25) is 0 Å². The van der Waals surface area contributed by atoms with Crippen molar-refractivity contribution in [2.45, 2.75) is 20.8 Å². The monoisotopic (exact) mass is 293 g/mol. The minimum atomic E-state index is -0.326. The summed E-state index contributed by atoms with van der Waals surface area (Å²) in [6, 6.07) is 5.16. The Balaban J connectivity index is 2.79. The SMILES string of the molecule is CCOC(=O)c1ccc(N)c(NCC(C)(C)CN(C)C)c1. The number of hydrogen-bond donors (Lipinski definition) is 2. The van der Waals surface area contributed by atoms with Crippen LogP contribution in [0.1, 0.15) is 31.1 Å². The molecule has 0 aliphatic carbocycles. The highest BCUT2D eigenvalue weighted by Crippen LogP contribution is 2.23. The molecule has 1 rings (SSSR count). The van der Waals surface area contributed by atoms with Crippen LogP contribution in [0.3, 0.4) is 0 Å². The Morgan fingerprint density at radius 1 is 1.38 bits per heavy atom. The second-order valence-electron chi connectivity index (χ2n) is 6.28. The molecular formula is C16H27N3O2. The number of benzene rings is 1. The predicted octanol–water partition coefficient (Wildman–Crippen LogP) is 2.45. The van der Waals surface area contributed by atoms with Gasteiger partial charge < -0.3 is 20.7 Å². The van der Waals surface area contributed by atoms with Crippen LogP contribution >= 0.6 is 0 Å². The number of nitrogens with zero attached hydrogens (tertiary/aromatic N) is 1. The number of carbonyl (C=O) groups is 1. The lowest BCUT2D eigenvalue weighted by Crippen LogP contribution is -2.34.